The minimum Gasteiger partial charge on any atom is -0.339 e. The molecule has 0 bridgehead atoms. The van der Waals surface area contributed by atoms with E-state index in [1.165, 1.54) is 12.1 Å². The van der Waals surface area contributed by atoms with Crippen LogP contribution in [-0.4, -0.2) is 47.9 Å². The summed E-state index contributed by atoms with van der Waals surface area (Å²) in [5.41, 5.74) is 1.71. The van der Waals surface area contributed by atoms with Gasteiger partial charge in [0.2, 0.25) is 5.91 Å². The largest absolute Gasteiger partial charge is 0.339 e. The fraction of sp³-hybridized carbons (Fsp3) is 0.300. The van der Waals surface area contributed by atoms with Gasteiger partial charge in [-0.3, -0.25) is 4.79 Å². The number of piperazine rings is 1. The zero-order valence-electron chi connectivity index (χ0n) is 14.5. The Morgan fingerprint density at radius 3 is 2.23 bits per heavy atom. The van der Waals surface area contributed by atoms with Crippen molar-refractivity contribution in [1.29, 1.82) is 0 Å². The van der Waals surface area contributed by atoms with Gasteiger partial charge < -0.3 is 15.1 Å². The van der Waals surface area contributed by atoms with Crippen LogP contribution in [0.1, 0.15) is 11.1 Å². The molecule has 1 heterocycles. The van der Waals surface area contributed by atoms with Crippen molar-refractivity contribution in [3.05, 3.63) is 71.5 Å². The molecule has 1 N–H and O–H groups in total. The van der Waals surface area contributed by atoms with Gasteiger partial charge in [0.1, 0.15) is 5.82 Å². The molecule has 0 radical (unpaired) electrons. The van der Waals surface area contributed by atoms with Gasteiger partial charge in [0.15, 0.2) is 0 Å². The maximum Gasteiger partial charge on any atom is 0.317 e. The van der Waals surface area contributed by atoms with Gasteiger partial charge in [-0.05, 0) is 23.3 Å². The van der Waals surface area contributed by atoms with Gasteiger partial charge in [-0.1, -0.05) is 42.5 Å². The molecule has 0 atom stereocenters. The zero-order valence-corrected chi connectivity index (χ0v) is 14.5. The lowest BCUT2D eigenvalue weighted by molar-refractivity contribution is -0.131. The second-order valence-electron chi connectivity index (χ2n) is 6.32. The second-order valence-corrected chi connectivity index (χ2v) is 6.32. The van der Waals surface area contributed by atoms with Crippen LogP contribution in [0, 0.1) is 5.82 Å². The fourth-order valence-corrected chi connectivity index (χ4v) is 2.98. The molecule has 6 heteroatoms. The lowest BCUT2D eigenvalue weighted by atomic mass is 10.1. The molecule has 3 amide bonds. The first kappa shape index (κ1) is 17.9. The number of urea groups is 1. The molecule has 0 spiro atoms. The third kappa shape index (κ3) is 4.81. The Hall–Kier alpha value is -2.89. The summed E-state index contributed by atoms with van der Waals surface area (Å²) in [5.74, 6) is -0.379. The van der Waals surface area contributed by atoms with Crippen molar-refractivity contribution in [2.45, 2.75) is 13.0 Å². The highest BCUT2D eigenvalue weighted by atomic mass is 19.1. The minimum atomic E-state index is -0.338. The molecule has 0 aromatic heterocycles. The van der Waals surface area contributed by atoms with Crippen LogP contribution in [0.25, 0.3) is 0 Å². The van der Waals surface area contributed by atoms with Gasteiger partial charge in [-0.2, -0.15) is 0 Å². The second kappa shape index (κ2) is 8.47. The highest BCUT2D eigenvalue weighted by Gasteiger charge is 2.24. The van der Waals surface area contributed by atoms with E-state index < -0.39 is 0 Å². The van der Waals surface area contributed by atoms with Crippen LogP contribution < -0.4 is 5.32 Å². The van der Waals surface area contributed by atoms with Crippen LogP contribution >= 0.6 is 0 Å². The molecule has 1 fully saturated rings. The average molecular weight is 355 g/mol. The number of halogens is 1. The summed E-state index contributed by atoms with van der Waals surface area (Å²) in [7, 11) is 0. The summed E-state index contributed by atoms with van der Waals surface area (Å²) >= 11 is 0. The molecule has 2 aromatic carbocycles. The third-order valence-corrected chi connectivity index (χ3v) is 4.45. The quantitative estimate of drug-likeness (QED) is 0.916. The number of rotatable bonds is 4. The van der Waals surface area contributed by atoms with E-state index in [1.54, 1.807) is 21.9 Å². The van der Waals surface area contributed by atoms with Crippen LogP contribution in [-0.2, 0) is 17.8 Å². The molecule has 0 unspecified atom stereocenters. The molecule has 2 aromatic rings. The van der Waals surface area contributed by atoms with Crippen molar-refractivity contribution >= 4 is 11.9 Å². The van der Waals surface area contributed by atoms with Gasteiger partial charge in [0, 0.05) is 32.7 Å². The molecular formula is C20H22FN3O2. The van der Waals surface area contributed by atoms with Gasteiger partial charge in [0.25, 0.3) is 0 Å². The van der Waals surface area contributed by atoms with Crippen molar-refractivity contribution in [1.82, 2.24) is 15.1 Å². The number of hydrogen-bond donors (Lipinski definition) is 1. The van der Waals surface area contributed by atoms with Crippen molar-refractivity contribution < 1.29 is 14.0 Å². The first-order valence-corrected chi connectivity index (χ1v) is 8.71. The summed E-state index contributed by atoms with van der Waals surface area (Å²) in [6.45, 7) is 2.46. The molecule has 0 saturated carbocycles. The first-order valence-electron chi connectivity index (χ1n) is 8.71. The molecule has 1 aliphatic heterocycles. The summed E-state index contributed by atoms with van der Waals surface area (Å²) in [4.78, 5) is 28.0. The van der Waals surface area contributed by atoms with Crippen LogP contribution in [0.4, 0.5) is 9.18 Å². The predicted molar refractivity (Wildman–Crippen MR) is 96.9 cm³/mol. The molecule has 1 aliphatic rings. The number of hydrogen-bond acceptors (Lipinski definition) is 2. The Bertz CT molecular complexity index is 759. The maximum absolute atomic E-state index is 13.2. The number of benzene rings is 2. The van der Waals surface area contributed by atoms with Gasteiger partial charge >= 0.3 is 6.03 Å². The summed E-state index contributed by atoms with van der Waals surface area (Å²) < 4.78 is 13.2. The third-order valence-electron chi connectivity index (χ3n) is 4.45. The Morgan fingerprint density at radius 1 is 0.885 bits per heavy atom. The molecule has 0 aliphatic carbocycles. The molecule has 5 nitrogen and oxygen atoms in total. The van der Waals surface area contributed by atoms with E-state index >= 15 is 0 Å². The lowest BCUT2D eigenvalue weighted by Crippen LogP contribution is -2.53. The summed E-state index contributed by atoms with van der Waals surface area (Å²) in [6, 6.07) is 15.7. The number of nitrogens with zero attached hydrogens (tertiary/aromatic N) is 2. The normalized spacial score (nSPS) is 14.2. The Labute approximate surface area is 152 Å². The number of carbonyl (C=O) groups excluding carboxylic acids is 2. The number of amides is 3. The van der Waals surface area contributed by atoms with E-state index in [4.69, 9.17) is 0 Å². The van der Waals surface area contributed by atoms with E-state index in [1.807, 2.05) is 30.3 Å². The smallest absolute Gasteiger partial charge is 0.317 e. The predicted octanol–water partition coefficient (Wildman–Crippen LogP) is 2.42. The van der Waals surface area contributed by atoms with Gasteiger partial charge in [0.05, 0.1) is 6.42 Å². The molecule has 3 rings (SSSR count). The molecule has 1 saturated heterocycles. The standard InChI is InChI=1S/C20H22FN3O2/c21-18-8-4-7-17(13-18)14-19(25)23-9-11-24(12-10-23)20(26)22-15-16-5-2-1-3-6-16/h1-8,13H,9-12,14-15H2,(H,22,26). The highest BCUT2D eigenvalue weighted by Crippen LogP contribution is 2.09. The van der Waals surface area contributed by atoms with E-state index in [9.17, 15) is 14.0 Å². The lowest BCUT2D eigenvalue weighted by Gasteiger charge is -2.34. The molecule has 26 heavy (non-hydrogen) atoms. The van der Waals surface area contributed by atoms with Crippen molar-refractivity contribution in [3.8, 4) is 0 Å². The van der Waals surface area contributed by atoms with Crippen molar-refractivity contribution in [3.63, 3.8) is 0 Å². The number of nitrogens with one attached hydrogen (secondary N) is 1. The van der Waals surface area contributed by atoms with Gasteiger partial charge in [-0.25, -0.2) is 9.18 Å². The Morgan fingerprint density at radius 2 is 1.54 bits per heavy atom. The van der Waals surface area contributed by atoms with Gasteiger partial charge in [-0.15, -0.1) is 0 Å². The average Bonchev–Trinajstić information content (AvgIpc) is 2.67. The zero-order chi connectivity index (χ0) is 18.4. The summed E-state index contributed by atoms with van der Waals surface area (Å²) in [5, 5.41) is 2.90. The first-order chi connectivity index (χ1) is 12.6. The highest BCUT2D eigenvalue weighted by molar-refractivity contribution is 5.79. The van der Waals surface area contributed by atoms with Crippen molar-refractivity contribution in [2.75, 3.05) is 26.2 Å². The topological polar surface area (TPSA) is 52.7 Å². The van der Waals surface area contributed by atoms with Crippen LogP contribution in [0.15, 0.2) is 54.6 Å². The summed E-state index contributed by atoms with van der Waals surface area (Å²) in [6.07, 6.45) is 0.179. The molecular weight excluding hydrogens is 333 g/mol. The van der Waals surface area contributed by atoms with E-state index in [0.717, 1.165) is 5.56 Å². The van der Waals surface area contributed by atoms with Crippen molar-refractivity contribution in [2.24, 2.45) is 0 Å². The van der Waals surface area contributed by atoms with E-state index in [2.05, 4.69) is 5.32 Å². The van der Waals surface area contributed by atoms with E-state index in [-0.39, 0.29) is 24.2 Å². The van der Waals surface area contributed by atoms with E-state index in [0.29, 0.717) is 38.3 Å². The van der Waals surface area contributed by atoms with Crippen LogP contribution in [0.2, 0.25) is 0 Å². The fourth-order valence-electron chi connectivity index (χ4n) is 2.98. The Kier molecular flexibility index (Phi) is 5.84. The van der Waals surface area contributed by atoms with Crippen LogP contribution in [0.3, 0.4) is 0 Å². The SMILES string of the molecule is O=C(Cc1cccc(F)c1)N1CCN(C(=O)NCc2ccccc2)CC1. The molecule has 136 valence electrons. The number of carbonyl (C=O) groups is 2. The monoisotopic (exact) mass is 355 g/mol. The van der Waals surface area contributed by atoms with Crippen LogP contribution in [0.5, 0.6) is 0 Å². The minimum absolute atomic E-state index is 0.0417. The maximum atomic E-state index is 13.2. The Balaban J connectivity index is 1.44.